The highest BCUT2D eigenvalue weighted by Gasteiger charge is 2.16. The van der Waals surface area contributed by atoms with Crippen molar-refractivity contribution in [3.05, 3.63) is 0 Å². The van der Waals surface area contributed by atoms with Gasteiger partial charge in [-0.1, -0.05) is 0 Å². The summed E-state index contributed by atoms with van der Waals surface area (Å²) in [6.45, 7) is 1.88. The molecule has 0 rings (SSSR count). The van der Waals surface area contributed by atoms with E-state index in [4.69, 9.17) is 6.42 Å². The first-order chi connectivity index (χ1) is 7.11. The number of carbonyl (C=O) groups excluding carboxylic acids is 2. The van der Waals surface area contributed by atoms with E-state index in [2.05, 4.69) is 29.2 Å². The minimum Gasteiger partial charge on any atom is -0.354 e. The van der Waals surface area contributed by atoms with E-state index in [0.29, 0.717) is 13.0 Å². The van der Waals surface area contributed by atoms with Gasteiger partial charge in [0.25, 0.3) is 0 Å². The first-order valence-electron chi connectivity index (χ1n) is 4.71. The van der Waals surface area contributed by atoms with E-state index in [-0.39, 0.29) is 17.6 Å². The summed E-state index contributed by atoms with van der Waals surface area (Å²) in [6.07, 6.45) is 6.43. The van der Waals surface area contributed by atoms with E-state index in [1.807, 2.05) is 0 Å². The lowest BCUT2D eigenvalue weighted by molar-refractivity contribution is -0.127. The smallest absolute Gasteiger partial charge is 0.243 e. The van der Waals surface area contributed by atoms with Gasteiger partial charge in [-0.05, 0) is 6.42 Å². The van der Waals surface area contributed by atoms with Crippen molar-refractivity contribution in [1.82, 2.24) is 10.6 Å². The summed E-state index contributed by atoms with van der Waals surface area (Å²) in [5, 5.41) is 5.18. The van der Waals surface area contributed by atoms with E-state index < -0.39 is 6.04 Å². The van der Waals surface area contributed by atoms with Gasteiger partial charge in [0.1, 0.15) is 6.04 Å². The lowest BCUT2D eigenvalue weighted by Gasteiger charge is -2.14. The predicted molar refractivity (Wildman–Crippen MR) is 62.5 cm³/mol. The maximum Gasteiger partial charge on any atom is 0.243 e. The number of amides is 2. The molecule has 0 aliphatic carbocycles. The van der Waals surface area contributed by atoms with Crippen molar-refractivity contribution in [1.29, 1.82) is 0 Å². The molecule has 5 heteroatoms. The lowest BCUT2D eigenvalue weighted by Crippen LogP contribution is -2.47. The van der Waals surface area contributed by atoms with Crippen LogP contribution in [0.3, 0.4) is 0 Å². The predicted octanol–water partition coefficient (Wildman–Crippen LogP) is -0.0495. The average Bonchev–Trinajstić information content (AvgIpc) is 2.20. The largest absolute Gasteiger partial charge is 0.354 e. The fourth-order valence-electron chi connectivity index (χ4n) is 0.965. The fraction of sp³-hybridized carbons (Fsp3) is 0.600. The molecule has 2 amide bonds. The molecule has 0 aromatic heterocycles. The zero-order valence-electron chi connectivity index (χ0n) is 8.75. The number of thiol groups is 1. The Labute approximate surface area is 95.6 Å². The van der Waals surface area contributed by atoms with Gasteiger partial charge in [0.15, 0.2) is 0 Å². The van der Waals surface area contributed by atoms with Gasteiger partial charge in [-0.15, -0.1) is 12.3 Å². The van der Waals surface area contributed by atoms with Gasteiger partial charge in [-0.2, -0.15) is 12.6 Å². The Balaban J connectivity index is 3.84. The molecule has 0 spiro atoms. The molecule has 0 saturated heterocycles. The molecule has 0 fully saturated rings. The monoisotopic (exact) mass is 228 g/mol. The van der Waals surface area contributed by atoms with Gasteiger partial charge in [0, 0.05) is 25.6 Å². The van der Waals surface area contributed by atoms with Crippen molar-refractivity contribution in [3.63, 3.8) is 0 Å². The Bertz CT molecular complexity index is 261. The van der Waals surface area contributed by atoms with Crippen LogP contribution in [-0.2, 0) is 9.59 Å². The van der Waals surface area contributed by atoms with Crippen molar-refractivity contribution >= 4 is 24.4 Å². The van der Waals surface area contributed by atoms with Crippen LogP contribution in [-0.4, -0.2) is 30.2 Å². The first kappa shape index (κ1) is 13.8. The summed E-state index contributed by atoms with van der Waals surface area (Å²) in [6, 6.07) is -0.573. The summed E-state index contributed by atoms with van der Waals surface area (Å²) >= 11 is 3.99. The van der Waals surface area contributed by atoms with E-state index >= 15 is 0 Å². The van der Waals surface area contributed by atoms with Gasteiger partial charge < -0.3 is 10.6 Å². The van der Waals surface area contributed by atoms with Gasteiger partial charge in [0.05, 0.1) is 0 Å². The molecule has 0 aromatic carbocycles. The molecule has 0 saturated carbocycles. The molecule has 15 heavy (non-hydrogen) atoms. The van der Waals surface area contributed by atoms with Crippen molar-refractivity contribution in [2.45, 2.75) is 25.8 Å². The second-order valence-corrected chi connectivity index (χ2v) is 3.40. The lowest BCUT2D eigenvalue weighted by atomic mass is 10.3. The normalized spacial score (nSPS) is 11.3. The van der Waals surface area contributed by atoms with Crippen molar-refractivity contribution in [2.24, 2.45) is 0 Å². The molecule has 2 N–H and O–H groups in total. The van der Waals surface area contributed by atoms with Crippen LogP contribution in [0.1, 0.15) is 19.8 Å². The average molecular weight is 228 g/mol. The van der Waals surface area contributed by atoms with Crippen molar-refractivity contribution in [3.8, 4) is 12.3 Å². The SMILES string of the molecule is C#CCCCNC(=O)C(CS)NC(C)=O. The summed E-state index contributed by atoms with van der Waals surface area (Å²) < 4.78 is 0. The molecule has 0 bridgehead atoms. The van der Waals surface area contributed by atoms with Crippen LogP contribution in [0.15, 0.2) is 0 Å². The highest BCUT2D eigenvalue weighted by atomic mass is 32.1. The van der Waals surface area contributed by atoms with Crippen LogP contribution in [0.25, 0.3) is 0 Å². The Morgan fingerprint density at radius 2 is 2.20 bits per heavy atom. The maximum absolute atomic E-state index is 11.4. The molecule has 0 heterocycles. The number of unbranched alkanes of at least 4 members (excludes halogenated alkanes) is 1. The molecule has 0 radical (unpaired) electrons. The number of carbonyl (C=O) groups is 2. The number of terminal acetylenes is 1. The highest BCUT2D eigenvalue weighted by molar-refractivity contribution is 7.80. The number of nitrogens with one attached hydrogen (secondary N) is 2. The quantitative estimate of drug-likeness (QED) is 0.339. The Kier molecular flexibility index (Phi) is 7.56. The Morgan fingerprint density at radius 3 is 2.67 bits per heavy atom. The summed E-state index contributed by atoms with van der Waals surface area (Å²) in [5.41, 5.74) is 0. The zero-order valence-corrected chi connectivity index (χ0v) is 9.64. The van der Waals surface area contributed by atoms with Crippen LogP contribution >= 0.6 is 12.6 Å². The standard InChI is InChI=1S/C10H16N2O2S/c1-3-4-5-6-11-10(14)9(7-15)12-8(2)13/h1,9,15H,4-7H2,2H3,(H,11,14)(H,12,13). The minimum absolute atomic E-state index is 0.225. The molecule has 0 aliphatic rings. The zero-order chi connectivity index (χ0) is 11.7. The molecule has 0 aliphatic heterocycles. The van der Waals surface area contributed by atoms with Crippen LogP contribution in [0, 0.1) is 12.3 Å². The van der Waals surface area contributed by atoms with E-state index in [0.717, 1.165) is 6.42 Å². The van der Waals surface area contributed by atoms with Gasteiger partial charge in [0.2, 0.25) is 11.8 Å². The molecule has 0 aromatic rings. The van der Waals surface area contributed by atoms with Crippen molar-refractivity contribution in [2.75, 3.05) is 12.3 Å². The summed E-state index contributed by atoms with van der Waals surface area (Å²) in [5.74, 6) is 2.29. The fourth-order valence-corrected chi connectivity index (χ4v) is 1.22. The Morgan fingerprint density at radius 1 is 1.53 bits per heavy atom. The van der Waals surface area contributed by atoms with E-state index in [1.54, 1.807) is 0 Å². The van der Waals surface area contributed by atoms with Crippen LogP contribution in [0.5, 0.6) is 0 Å². The number of rotatable bonds is 6. The number of hydrogen-bond donors (Lipinski definition) is 3. The first-order valence-corrected chi connectivity index (χ1v) is 5.34. The molecule has 84 valence electrons. The maximum atomic E-state index is 11.4. The second-order valence-electron chi connectivity index (χ2n) is 3.03. The topological polar surface area (TPSA) is 58.2 Å². The number of hydrogen-bond acceptors (Lipinski definition) is 3. The summed E-state index contributed by atoms with van der Waals surface area (Å²) in [4.78, 5) is 22.2. The third-order valence-corrected chi connectivity index (χ3v) is 2.04. The third-order valence-electron chi connectivity index (χ3n) is 1.67. The molecular weight excluding hydrogens is 212 g/mol. The molecule has 4 nitrogen and oxygen atoms in total. The van der Waals surface area contributed by atoms with Crippen molar-refractivity contribution < 1.29 is 9.59 Å². The van der Waals surface area contributed by atoms with Crippen LogP contribution in [0.4, 0.5) is 0 Å². The Hall–Kier alpha value is -1.15. The highest BCUT2D eigenvalue weighted by Crippen LogP contribution is 1.90. The van der Waals surface area contributed by atoms with E-state index in [9.17, 15) is 9.59 Å². The molecule has 1 atom stereocenters. The summed E-state index contributed by atoms with van der Waals surface area (Å²) in [7, 11) is 0. The minimum atomic E-state index is -0.573. The van der Waals surface area contributed by atoms with Crippen LogP contribution in [0.2, 0.25) is 0 Å². The van der Waals surface area contributed by atoms with Gasteiger partial charge in [-0.3, -0.25) is 9.59 Å². The second kappa shape index (κ2) is 8.18. The molecule has 1 unspecified atom stereocenters. The van der Waals surface area contributed by atoms with E-state index in [1.165, 1.54) is 6.92 Å². The van der Waals surface area contributed by atoms with Crippen LogP contribution < -0.4 is 10.6 Å². The van der Waals surface area contributed by atoms with Gasteiger partial charge >= 0.3 is 0 Å². The van der Waals surface area contributed by atoms with Gasteiger partial charge in [-0.25, -0.2) is 0 Å². The molecular formula is C10H16N2O2S. The third kappa shape index (κ3) is 6.86.